The highest BCUT2D eigenvalue weighted by Gasteiger charge is 2.33. The van der Waals surface area contributed by atoms with Crippen LogP contribution in [0, 0.1) is 5.82 Å². The summed E-state index contributed by atoms with van der Waals surface area (Å²) in [5.41, 5.74) is 3.69. The number of aromatic nitrogens is 3. The molecule has 10 heteroatoms. The van der Waals surface area contributed by atoms with Gasteiger partial charge < -0.3 is 15.1 Å². The molecule has 0 bridgehead atoms. The average molecular weight is 543 g/mol. The molecule has 0 saturated carbocycles. The molecule has 0 radical (unpaired) electrons. The maximum Gasteiger partial charge on any atom is 0.252 e. The van der Waals surface area contributed by atoms with Crippen LogP contribution in [0.2, 0.25) is 0 Å². The molecule has 0 saturated heterocycles. The van der Waals surface area contributed by atoms with E-state index >= 15 is 0 Å². The second-order valence-corrected chi connectivity index (χ2v) is 10.2. The number of nitrogens with zero attached hydrogens (tertiary/aromatic N) is 5. The molecular formula is C29H27FN6O2S. The third kappa shape index (κ3) is 5.96. The number of para-hydroxylation sites is 1. The van der Waals surface area contributed by atoms with Gasteiger partial charge in [0.05, 0.1) is 5.52 Å². The largest absolute Gasteiger partial charge is 0.378 e. The lowest BCUT2D eigenvalue weighted by Crippen LogP contribution is -2.42. The molecule has 2 aromatic heterocycles. The van der Waals surface area contributed by atoms with Gasteiger partial charge in [-0.15, -0.1) is 16.4 Å². The topological polar surface area (TPSA) is 83.4 Å². The minimum absolute atomic E-state index is 0.0985. The lowest BCUT2D eigenvalue weighted by Gasteiger charge is -2.31. The van der Waals surface area contributed by atoms with Crippen molar-refractivity contribution in [3.05, 3.63) is 107 Å². The highest BCUT2D eigenvalue weighted by molar-refractivity contribution is 7.10. The Bertz CT molecular complexity index is 1570. The summed E-state index contributed by atoms with van der Waals surface area (Å²) in [4.78, 5) is 31.9. The van der Waals surface area contributed by atoms with Crippen LogP contribution in [0.4, 0.5) is 15.8 Å². The molecule has 39 heavy (non-hydrogen) atoms. The van der Waals surface area contributed by atoms with E-state index in [0.29, 0.717) is 27.2 Å². The second kappa shape index (κ2) is 11.4. The van der Waals surface area contributed by atoms with Crippen molar-refractivity contribution in [2.75, 3.05) is 24.3 Å². The van der Waals surface area contributed by atoms with Gasteiger partial charge in [0, 0.05) is 36.9 Å². The van der Waals surface area contributed by atoms with Gasteiger partial charge >= 0.3 is 0 Å². The van der Waals surface area contributed by atoms with Crippen molar-refractivity contribution in [3.63, 3.8) is 0 Å². The normalized spacial score (nSPS) is 11.8. The molecule has 2 heterocycles. The van der Waals surface area contributed by atoms with Gasteiger partial charge in [-0.1, -0.05) is 35.5 Å². The Hall–Kier alpha value is -4.57. The Kier molecular flexibility index (Phi) is 7.64. The number of amides is 2. The number of carbonyl (C=O) groups excluding carboxylic acids is 2. The number of benzene rings is 3. The smallest absolute Gasteiger partial charge is 0.252 e. The van der Waals surface area contributed by atoms with Crippen LogP contribution in [0.3, 0.4) is 0 Å². The van der Waals surface area contributed by atoms with Crippen molar-refractivity contribution in [1.82, 2.24) is 19.9 Å². The summed E-state index contributed by atoms with van der Waals surface area (Å²) in [7, 11) is 3.88. The van der Waals surface area contributed by atoms with E-state index in [1.54, 1.807) is 12.1 Å². The summed E-state index contributed by atoms with van der Waals surface area (Å²) < 4.78 is 15.2. The summed E-state index contributed by atoms with van der Waals surface area (Å²) in [6.45, 7) is -0.0182. The molecule has 0 aliphatic carbocycles. The minimum atomic E-state index is -0.925. The number of nitrogens with one attached hydrogen (secondary N) is 1. The number of thiophene rings is 1. The molecule has 1 atom stereocenters. The lowest BCUT2D eigenvalue weighted by atomic mass is 10.1. The van der Waals surface area contributed by atoms with Gasteiger partial charge in [-0.2, -0.15) is 0 Å². The van der Waals surface area contributed by atoms with Crippen LogP contribution in [0.25, 0.3) is 11.0 Å². The Morgan fingerprint density at radius 2 is 1.72 bits per heavy atom. The highest BCUT2D eigenvalue weighted by Crippen LogP contribution is 2.30. The highest BCUT2D eigenvalue weighted by atomic mass is 32.1. The molecule has 2 amide bonds. The van der Waals surface area contributed by atoms with Crippen molar-refractivity contribution in [2.24, 2.45) is 0 Å². The fraction of sp³-hybridized carbons (Fsp3) is 0.172. The Morgan fingerprint density at radius 1 is 0.974 bits per heavy atom. The first-order chi connectivity index (χ1) is 18.9. The molecule has 0 unspecified atom stereocenters. The van der Waals surface area contributed by atoms with Gasteiger partial charge in [-0.05, 0) is 65.5 Å². The maximum absolute atomic E-state index is 13.9. The molecule has 8 nitrogen and oxygen atoms in total. The molecule has 5 rings (SSSR count). The summed E-state index contributed by atoms with van der Waals surface area (Å²) in [6, 6.07) is 23.5. The van der Waals surface area contributed by atoms with Crippen LogP contribution in [0.5, 0.6) is 0 Å². The molecule has 3 aromatic carbocycles. The van der Waals surface area contributed by atoms with E-state index < -0.39 is 6.04 Å². The number of halogens is 1. The Labute approximate surface area is 229 Å². The van der Waals surface area contributed by atoms with E-state index in [2.05, 4.69) is 15.6 Å². The van der Waals surface area contributed by atoms with E-state index in [9.17, 15) is 14.0 Å². The molecule has 1 N–H and O–H groups in total. The number of fused-ring (bicyclic) bond motifs is 1. The first-order valence-electron chi connectivity index (χ1n) is 12.3. The molecular weight excluding hydrogens is 515 g/mol. The van der Waals surface area contributed by atoms with Crippen LogP contribution in [0.15, 0.2) is 90.3 Å². The van der Waals surface area contributed by atoms with Crippen molar-refractivity contribution in [3.8, 4) is 0 Å². The fourth-order valence-electron chi connectivity index (χ4n) is 4.29. The van der Waals surface area contributed by atoms with E-state index in [-0.39, 0.29) is 30.7 Å². The zero-order valence-electron chi connectivity index (χ0n) is 21.5. The first kappa shape index (κ1) is 26.1. The zero-order valence-corrected chi connectivity index (χ0v) is 22.3. The van der Waals surface area contributed by atoms with Gasteiger partial charge in [-0.25, -0.2) is 9.07 Å². The second-order valence-electron chi connectivity index (χ2n) is 9.23. The number of hydrogen-bond acceptors (Lipinski definition) is 6. The van der Waals surface area contributed by atoms with Gasteiger partial charge in [-0.3, -0.25) is 9.59 Å². The summed E-state index contributed by atoms with van der Waals surface area (Å²) in [6.07, 6.45) is 0. The number of carbonyl (C=O) groups is 2. The summed E-state index contributed by atoms with van der Waals surface area (Å²) in [5, 5.41) is 13.2. The number of hydrogen-bond donors (Lipinski definition) is 1. The molecule has 0 fully saturated rings. The summed E-state index contributed by atoms with van der Waals surface area (Å²) >= 11 is 1.39. The van der Waals surface area contributed by atoms with Crippen molar-refractivity contribution in [1.29, 1.82) is 0 Å². The molecule has 0 aliphatic heterocycles. The van der Waals surface area contributed by atoms with Crippen LogP contribution in [-0.2, 0) is 22.7 Å². The van der Waals surface area contributed by atoms with Crippen LogP contribution >= 0.6 is 11.3 Å². The SMILES string of the molecule is CN(C)c1ccc(NC(=O)[C@@H](c2cccs2)N(Cc2ccc(F)cc2)C(=O)Cn2nnc3ccccc32)cc1. The van der Waals surface area contributed by atoms with Crippen LogP contribution < -0.4 is 10.2 Å². The fourth-order valence-corrected chi connectivity index (χ4v) is 5.12. The third-order valence-corrected chi connectivity index (χ3v) is 7.24. The van der Waals surface area contributed by atoms with Crippen LogP contribution in [-0.4, -0.2) is 45.8 Å². The molecule has 0 spiro atoms. The van der Waals surface area contributed by atoms with Crippen molar-refractivity contribution in [2.45, 2.75) is 19.1 Å². The standard InChI is InChI=1S/C29H27FN6O2S/c1-34(2)23-15-13-22(14-16-23)31-29(38)28(26-8-5-17-39-26)35(18-20-9-11-21(30)12-10-20)27(37)19-36-25-7-4-3-6-24(25)32-33-36/h3-17,28H,18-19H2,1-2H3,(H,31,38)/t28-/m1/s1. The zero-order chi connectivity index (χ0) is 27.4. The average Bonchev–Trinajstić information content (AvgIpc) is 3.60. The van der Waals surface area contributed by atoms with Crippen molar-refractivity contribution >= 4 is 45.6 Å². The summed E-state index contributed by atoms with van der Waals surface area (Å²) in [5.74, 6) is -1.06. The maximum atomic E-state index is 13.9. The quantitative estimate of drug-likeness (QED) is 0.280. The third-order valence-electron chi connectivity index (χ3n) is 6.32. The monoisotopic (exact) mass is 542 g/mol. The van der Waals surface area contributed by atoms with Crippen LogP contribution in [0.1, 0.15) is 16.5 Å². The Balaban J connectivity index is 1.49. The molecule has 5 aromatic rings. The number of rotatable bonds is 9. The van der Waals surface area contributed by atoms with Gasteiger partial charge in [0.15, 0.2) is 0 Å². The molecule has 198 valence electrons. The first-order valence-corrected chi connectivity index (χ1v) is 13.2. The molecule has 0 aliphatic rings. The van der Waals surface area contributed by atoms with Gasteiger partial charge in [0.25, 0.3) is 5.91 Å². The minimum Gasteiger partial charge on any atom is -0.378 e. The van der Waals surface area contributed by atoms with Gasteiger partial charge in [0.2, 0.25) is 5.91 Å². The van der Waals surface area contributed by atoms with E-state index in [1.807, 2.05) is 85.0 Å². The predicted molar refractivity (Wildman–Crippen MR) is 151 cm³/mol. The lowest BCUT2D eigenvalue weighted by molar-refractivity contribution is -0.140. The van der Waals surface area contributed by atoms with Gasteiger partial charge in [0.1, 0.15) is 23.9 Å². The predicted octanol–water partition coefficient (Wildman–Crippen LogP) is 5.11. The van der Waals surface area contributed by atoms with E-state index in [0.717, 1.165) is 5.69 Å². The van der Waals surface area contributed by atoms with E-state index in [4.69, 9.17) is 0 Å². The Morgan fingerprint density at radius 3 is 2.41 bits per heavy atom. The van der Waals surface area contributed by atoms with E-state index in [1.165, 1.54) is 33.1 Å². The van der Waals surface area contributed by atoms with Crippen molar-refractivity contribution < 1.29 is 14.0 Å². The number of anilines is 2.